The van der Waals surface area contributed by atoms with Crippen LogP contribution in [0.4, 0.5) is 14.6 Å². The maximum atomic E-state index is 13.6. The van der Waals surface area contributed by atoms with Crippen molar-refractivity contribution in [2.75, 3.05) is 5.73 Å². The molecule has 0 aliphatic carbocycles. The third kappa shape index (κ3) is 2.87. The lowest BCUT2D eigenvalue weighted by Crippen LogP contribution is -2.02. The second-order valence-electron chi connectivity index (χ2n) is 4.59. The fraction of sp³-hybridized carbons (Fsp3) is 0.267. The first-order valence-electron chi connectivity index (χ1n) is 6.41. The van der Waals surface area contributed by atoms with Gasteiger partial charge in [-0.1, -0.05) is 32.0 Å². The van der Waals surface area contributed by atoms with Crippen molar-refractivity contribution in [3.8, 4) is 11.6 Å². The molecule has 1 aromatic heterocycles. The highest BCUT2D eigenvalue weighted by atomic mass is 19.1. The Balaban J connectivity index is 2.38. The smallest absolute Gasteiger partial charge is 0.258 e. The van der Waals surface area contributed by atoms with Gasteiger partial charge in [-0.15, -0.1) is 0 Å². The summed E-state index contributed by atoms with van der Waals surface area (Å²) in [5, 5.41) is 0. The Morgan fingerprint density at radius 1 is 1.25 bits per heavy atom. The number of hydrogen-bond donors (Lipinski definition) is 1. The number of ether oxygens (including phenoxy) is 1. The van der Waals surface area contributed by atoms with Crippen molar-refractivity contribution in [1.29, 1.82) is 0 Å². The number of anilines is 1. The molecular formula is C15H16F2N2O. The van der Waals surface area contributed by atoms with Crippen molar-refractivity contribution >= 4 is 5.82 Å². The van der Waals surface area contributed by atoms with E-state index in [0.717, 1.165) is 12.0 Å². The van der Waals surface area contributed by atoms with E-state index in [1.165, 1.54) is 0 Å². The average Bonchev–Trinajstić information content (AvgIpc) is 2.44. The molecule has 0 radical (unpaired) electrons. The van der Waals surface area contributed by atoms with Gasteiger partial charge >= 0.3 is 0 Å². The van der Waals surface area contributed by atoms with E-state index >= 15 is 0 Å². The number of pyridine rings is 1. The fourth-order valence-corrected chi connectivity index (χ4v) is 1.84. The molecule has 0 amide bonds. The molecule has 1 unspecified atom stereocenters. The number of nitrogen functional groups attached to an aromatic ring is 1. The minimum absolute atomic E-state index is 0.257. The summed E-state index contributed by atoms with van der Waals surface area (Å²) in [6.45, 7) is 4.10. The molecule has 0 saturated heterocycles. The molecular weight excluding hydrogens is 262 g/mol. The molecule has 1 atom stereocenters. The number of rotatable bonds is 4. The summed E-state index contributed by atoms with van der Waals surface area (Å²) in [5.41, 5.74) is 6.28. The summed E-state index contributed by atoms with van der Waals surface area (Å²) in [5.74, 6) is -1.73. The van der Waals surface area contributed by atoms with Crippen LogP contribution in [0.1, 0.15) is 31.7 Å². The van der Waals surface area contributed by atoms with Crippen LogP contribution < -0.4 is 10.5 Å². The molecule has 2 rings (SSSR count). The lowest BCUT2D eigenvalue weighted by atomic mass is 9.98. The van der Waals surface area contributed by atoms with Gasteiger partial charge in [0.25, 0.3) is 5.88 Å². The van der Waals surface area contributed by atoms with Crippen LogP contribution in [0.2, 0.25) is 0 Å². The van der Waals surface area contributed by atoms with Gasteiger partial charge in [0.15, 0.2) is 17.5 Å². The van der Waals surface area contributed by atoms with E-state index in [0.29, 0.717) is 11.8 Å². The zero-order valence-electron chi connectivity index (χ0n) is 11.4. The molecule has 0 saturated carbocycles. The summed E-state index contributed by atoms with van der Waals surface area (Å²) >= 11 is 0. The van der Waals surface area contributed by atoms with E-state index in [1.807, 2.05) is 19.1 Å². The zero-order chi connectivity index (χ0) is 14.7. The van der Waals surface area contributed by atoms with Crippen LogP contribution in [-0.4, -0.2) is 4.98 Å². The van der Waals surface area contributed by atoms with Crippen molar-refractivity contribution in [2.24, 2.45) is 0 Å². The largest absolute Gasteiger partial charge is 0.436 e. The molecule has 106 valence electrons. The van der Waals surface area contributed by atoms with Gasteiger partial charge in [-0.2, -0.15) is 4.98 Å². The molecule has 5 heteroatoms. The average molecular weight is 278 g/mol. The number of benzene rings is 1. The summed E-state index contributed by atoms with van der Waals surface area (Å²) in [7, 11) is 0. The third-order valence-corrected chi connectivity index (χ3v) is 3.19. The molecule has 0 aliphatic rings. The quantitative estimate of drug-likeness (QED) is 0.909. The van der Waals surface area contributed by atoms with Crippen molar-refractivity contribution in [1.82, 2.24) is 4.98 Å². The van der Waals surface area contributed by atoms with Crippen LogP contribution in [0.5, 0.6) is 11.6 Å². The van der Waals surface area contributed by atoms with Crippen LogP contribution in [0, 0.1) is 11.6 Å². The van der Waals surface area contributed by atoms with Crippen LogP contribution in [0.15, 0.2) is 30.3 Å². The molecule has 0 bridgehead atoms. The number of nitrogens with two attached hydrogens (primary N) is 1. The first-order chi connectivity index (χ1) is 9.52. The molecule has 0 spiro atoms. The van der Waals surface area contributed by atoms with Crippen LogP contribution >= 0.6 is 0 Å². The summed E-state index contributed by atoms with van der Waals surface area (Å²) in [6.07, 6.45) is 0.918. The van der Waals surface area contributed by atoms with Crippen molar-refractivity contribution in [3.63, 3.8) is 0 Å². The second-order valence-corrected chi connectivity index (χ2v) is 4.59. The lowest BCUT2D eigenvalue weighted by Gasteiger charge is -2.15. The first-order valence-corrected chi connectivity index (χ1v) is 6.41. The van der Waals surface area contributed by atoms with Crippen LogP contribution in [-0.2, 0) is 0 Å². The standard InChI is InChI=1S/C15H16F2N2O/c1-3-9(2)10-6-4-5-7-13(10)20-15-12(17)8-11(16)14(18)19-15/h4-9H,3H2,1-2H3,(H2,18,19). The molecule has 0 fully saturated rings. The minimum Gasteiger partial charge on any atom is -0.436 e. The minimum atomic E-state index is -0.898. The van der Waals surface area contributed by atoms with Crippen molar-refractivity contribution < 1.29 is 13.5 Å². The van der Waals surface area contributed by atoms with Crippen LogP contribution in [0.3, 0.4) is 0 Å². The molecule has 2 N–H and O–H groups in total. The van der Waals surface area contributed by atoms with Gasteiger partial charge < -0.3 is 10.5 Å². The van der Waals surface area contributed by atoms with Gasteiger partial charge in [0.2, 0.25) is 0 Å². The van der Waals surface area contributed by atoms with E-state index in [2.05, 4.69) is 11.9 Å². The Hall–Kier alpha value is -2.17. The summed E-state index contributed by atoms with van der Waals surface area (Å²) in [6, 6.07) is 7.98. The maximum Gasteiger partial charge on any atom is 0.258 e. The Morgan fingerprint density at radius 3 is 2.65 bits per heavy atom. The number of halogens is 2. The van der Waals surface area contributed by atoms with Gasteiger partial charge in [0, 0.05) is 6.07 Å². The number of aromatic nitrogens is 1. The highest BCUT2D eigenvalue weighted by Gasteiger charge is 2.15. The van der Waals surface area contributed by atoms with Gasteiger partial charge in [-0.25, -0.2) is 8.78 Å². The zero-order valence-corrected chi connectivity index (χ0v) is 11.4. The van der Waals surface area contributed by atoms with Gasteiger partial charge in [-0.3, -0.25) is 0 Å². The molecule has 20 heavy (non-hydrogen) atoms. The monoisotopic (exact) mass is 278 g/mol. The molecule has 3 nitrogen and oxygen atoms in total. The molecule has 1 aromatic carbocycles. The highest BCUT2D eigenvalue weighted by Crippen LogP contribution is 2.32. The molecule has 1 heterocycles. The first kappa shape index (κ1) is 14.2. The van der Waals surface area contributed by atoms with E-state index in [4.69, 9.17) is 10.5 Å². The van der Waals surface area contributed by atoms with E-state index in [9.17, 15) is 8.78 Å². The maximum absolute atomic E-state index is 13.6. The Labute approximate surface area is 116 Å². The Kier molecular flexibility index (Phi) is 4.17. The van der Waals surface area contributed by atoms with Gasteiger partial charge in [0.1, 0.15) is 5.75 Å². The van der Waals surface area contributed by atoms with Crippen LogP contribution in [0.25, 0.3) is 0 Å². The lowest BCUT2D eigenvalue weighted by molar-refractivity contribution is 0.411. The normalized spacial score (nSPS) is 12.2. The predicted octanol–water partition coefficient (Wildman–Crippen LogP) is 4.25. The van der Waals surface area contributed by atoms with E-state index in [-0.39, 0.29) is 17.6 Å². The van der Waals surface area contributed by atoms with Crippen molar-refractivity contribution in [2.45, 2.75) is 26.2 Å². The molecule has 0 aliphatic heterocycles. The van der Waals surface area contributed by atoms with E-state index in [1.54, 1.807) is 12.1 Å². The molecule has 2 aromatic rings. The SMILES string of the molecule is CCC(C)c1ccccc1Oc1nc(N)c(F)cc1F. The second kappa shape index (κ2) is 5.86. The number of para-hydroxylation sites is 1. The Bertz CT molecular complexity index is 617. The van der Waals surface area contributed by atoms with E-state index < -0.39 is 11.6 Å². The van der Waals surface area contributed by atoms with Gasteiger partial charge in [-0.05, 0) is 24.0 Å². The number of hydrogen-bond acceptors (Lipinski definition) is 3. The summed E-state index contributed by atoms with van der Waals surface area (Å²) < 4.78 is 32.2. The predicted molar refractivity (Wildman–Crippen MR) is 73.8 cm³/mol. The van der Waals surface area contributed by atoms with Crippen molar-refractivity contribution in [3.05, 3.63) is 47.5 Å². The Morgan fingerprint density at radius 2 is 1.95 bits per heavy atom. The fourth-order valence-electron chi connectivity index (χ4n) is 1.84. The summed E-state index contributed by atoms with van der Waals surface area (Å²) in [4.78, 5) is 3.60. The topological polar surface area (TPSA) is 48.1 Å². The highest BCUT2D eigenvalue weighted by molar-refractivity contribution is 5.41. The van der Waals surface area contributed by atoms with Gasteiger partial charge in [0.05, 0.1) is 0 Å². The third-order valence-electron chi connectivity index (χ3n) is 3.19. The number of nitrogens with zero attached hydrogens (tertiary/aromatic N) is 1.